The van der Waals surface area contributed by atoms with Crippen molar-refractivity contribution < 1.29 is 9.59 Å². The first kappa shape index (κ1) is 27.0. The molecule has 35 heavy (non-hydrogen) atoms. The average Bonchev–Trinajstić information content (AvgIpc) is 3.19. The Balaban J connectivity index is 1.83. The summed E-state index contributed by atoms with van der Waals surface area (Å²) in [5.41, 5.74) is 1.82. The molecule has 186 valence electrons. The van der Waals surface area contributed by atoms with Crippen LogP contribution in [-0.4, -0.2) is 39.2 Å². The Hall–Kier alpha value is -2.55. The highest BCUT2D eigenvalue weighted by atomic mass is 79.9. The van der Waals surface area contributed by atoms with Gasteiger partial charge in [-0.2, -0.15) is 5.10 Å². The predicted molar refractivity (Wildman–Crippen MR) is 146 cm³/mol. The summed E-state index contributed by atoms with van der Waals surface area (Å²) in [7, 11) is 0. The highest BCUT2D eigenvalue weighted by molar-refractivity contribution is 9.10. The Kier molecular flexibility index (Phi) is 8.51. The molecule has 0 aliphatic carbocycles. The molecule has 3 aromatic rings. The first-order valence-electron chi connectivity index (χ1n) is 11.0. The van der Waals surface area contributed by atoms with E-state index in [2.05, 4.69) is 26.6 Å². The van der Waals surface area contributed by atoms with E-state index in [9.17, 15) is 9.59 Å². The number of nitrogens with one attached hydrogen (secondary N) is 2. The molecule has 0 radical (unpaired) electrons. The summed E-state index contributed by atoms with van der Waals surface area (Å²) >= 11 is 15.7. The summed E-state index contributed by atoms with van der Waals surface area (Å²) in [6, 6.07) is 13.6. The van der Waals surface area contributed by atoms with Gasteiger partial charge in [0.15, 0.2) is 0 Å². The van der Waals surface area contributed by atoms with Crippen molar-refractivity contribution in [2.75, 3.05) is 17.2 Å². The van der Waals surface area contributed by atoms with Gasteiger partial charge in [-0.05, 0) is 56.3 Å². The van der Waals surface area contributed by atoms with Crippen molar-refractivity contribution in [2.24, 2.45) is 0 Å². The summed E-state index contributed by atoms with van der Waals surface area (Å²) < 4.78 is 2.52. The lowest BCUT2D eigenvalue weighted by molar-refractivity contribution is -0.117. The molecular formula is C25H28BrCl2N5O2. The van der Waals surface area contributed by atoms with Crippen LogP contribution in [0.5, 0.6) is 0 Å². The zero-order valence-corrected chi connectivity index (χ0v) is 23.3. The minimum Gasteiger partial charge on any atom is -0.313 e. The van der Waals surface area contributed by atoms with Crippen LogP contribution in [0.25, 0.3) is 5.69 Å². The highest BCUT2D eigenvalue weighted by Gasteiger charge is 2.24. The molecule has 0 spiro atoms. The Labute approximate surface area is 223 Å². The highest BCUT2D eigenvalue weighted by Crippen LogP contribution is 2.29. The lowest BCUT2D eigenvalue weighted by Gasteiger charge is -2.26. The number of aromatic nitrogens is 2. The van der Waals surface area contributed by atoms with E-state index in [4.69, 9.17) is 28.3 Å². The van der Waals surface area contributed by atoms with E-state index in [0.29, 0.717) is 27.2 Å². The Morgan fingerprint density at radius 2 is 1.69 bits per heavy atom. The normalized spacial score (nSPS) is 11.5. The van der Waals surface area contributed by atoms with E-state index < -0.39 is 0 Å². The number of carbonyl (C=O) groups is 2. The topological polar surface area (TPSA) is 79.3 Å². The molecule has 0 atom stereocenters. The van der Waals surface area contributed by atoms with Gasteiger partial charge in [-0.1, -0.05) is 59.9 Å². The molecular weight excluding hydrogens is 553 g/mol. The SMILES string of the molecule is CC(C)N(CC(=O)Nc1cc(C(C)(C)C)nn1-c1ccc(Cl)c(Cl)c1)C(=O)Nc1ccc(Br)cc1. The fourth-order valence-electron chi connectivity index (χ4n) is 3.20. The van der Waals surface area contributed by atoms with Crippen LogP contribution in [-0.2, 0) is 10.2 Å². The smallest absolute Gasteiger partial charge is 0.313 e. The van der Waals surface area contributed by atoms with Crippen molar-refractivity contribution in [3.63, 3.8) is 0 Å². The lowest BCUT2D eigenvalue weighted by atomic mass is 9.92. The standard InChI is InChI=1S/C25H28BrCl2N5O2/c1-15(2)32(24(35)29-17-8-6-16(26)7-9-17)14-23(34)30-22-13-21(25(3,4)5)31-33(22)18-10-11-19(27)20(28)12-18/h6-13,15H,14H2,1-5H3,(H,29,35)(H,30,34). The first-order valence-corrected chi connectivity index (χ1v) is 12.6. The second-order valence-corrected chi connectivity index (χ2v) is 11.1. The number of amides is 3. The van der Waals surface area contributed by atoms with Crippen molar-refractivity contribution in [2.45, 2.75) is 46.1 Å². The van der Waals surface area contributed by atoms with Gasteiger partial charge in [0, 0.05) is 27.7 Å². The van der Waals surface area contributed by atoms with Gasteiger partial charge in [-0.25, -0.2) is 9.48 Å². The molecule has 0 aliphatic rings. The van der Waals surface area contributed by atoms with Crippen molar-refractivity contribution in [3.8, 4) is 5.69 Å². The Morgan fingerprint density at radius 3 is 2.26 bits per heavy atom. The van der Waals surface area contributed by atoms with Gasteiger partial charge in [-0.15, -0.1) is 0 Å². The average molecular weight is 581 g/mol. The number of benzene rings is 2. The molecule has 0 saturated carbocycles. The quantitative estimate of drug-likeness (QED) is 0.326. The maximum Gasteiger partial charge on any atom is 0.322 e. The van der Waals surface area contributed by atoms with E-state index in [1.165, 1.54) is 4.90 Å². The van der Waals surface area contributed by atoms with Crippen molar-refractivity contribution in [3.05, 3.63) is 68.7 Å². The van der Waals surface area contributed by atoms with Crippen LogP contribution in [0.3, 0.4) is 0 Å². The molecule has 2 N–H and O–H groups in total. The van der Waals surface area contributed by atoms with Crippen LogP contribution in [0, 0.1) is 0 Å². The van der Waals surface area contributed by atoms with E-state index in [0.717, 1.165) is 10.2 Å². The minimum atomic E-state index is -0.370. The molecule has 1 heterocycles. The maximum atomic E-state index is 13.1. The third kappa shape index (κ3) is 6.99. The van der Waals surface area contributed by atoms with Crippen LogP contribution in [0.4, 0.5) is 16.3 Å². The fraction of sp³-hybridized carbons (Fsp3) is 0.320. The molecule has 0 fully saturated rings. The molecule has 0 bridgehead atoms. The third-order valence-electron chi connectivity index (χ3n) is 5.19. The van der Waals surface area contributed by atoms with Crippen LogP contribution in [0.15, 0.2) is 53.0 Å². The number of hydrogen-bond acceptors (Lipinski definition) is 3. The van der Waals surface area contributed by atoms with Gasteiger partial charge < -0.3 is 15.5 Å². The second-order valence-electron chi connectivity index (χ2n) is 9.38. The van der Waals surface area contributed by atoms with Crippen molar-refractivity contribution >= 4 is 62.6 Å². The van der Waals surface area contributed by atoms with Gasteiger partial charge >= 0.3 is 6.03 Å². The van der Waals surface area contributed by atoms with E-state index in [-0.39, 0.29) is 29.9 Å². The summed E-state index contributed by atoms with van der Waals surface area (Å²) in [5, 5.41) is 11.2. The van der Waals surface area contributed by atoms with E-state index >= 15 is 0 Å². The molecule has 0 aliphatic heterocycles. The van der Waals surface area contributed by atoms with Gasteiger partial charge in [0.1, 0.15) is 12.4 Å². The molecule has 0 saturated heterocycles. The largest absolute Gasteiger partial charge is 0.322 e. The fourth-order valence-corrected chi connectivity index (χ4v) is 3.76. The van der Waals surface area contributed by atoms with Crippen molar-refractivity contribution in [1.29, 1.82) is 0 Å². The number of halogens is 3. The number of carbonyl (C=O) groups excluding carboxylic acids is 2. The summed E-state index contributed by atoms with van der Waals surface area (Å²) in [6.45, 7) is 9.67. The number of urea groups is 1. The predicted octanol–water partition coefficient (Wildman–Crippen LogP) is 7.12. The molecule has 0 unspecified atom stereocenters. The number of anilines is 2. The van der Waals surface area contributed by atoms with Gasteiger partial charge in [-0.3, -0.25) is 4.79 Å². The van der Waals surface area contributed by atoms with E-state index in [1.807, 2.05) is 52.8 Å². The Morgan fingerprint density at radius 1 is 1.03 bits per heavy atom. The Bertz CT molecular complexity index is 1220. The molecule has 1 aromatic heterocycles. The first-order chi connectivity index (χ1) is 16.3. The summed E-state index contributed by atoms with van der Waals surface area (Å²) in [6.07, 6.45) is 0. The molecule has 2 aromatic carbocycles. The van der Waals surface area contributed by atoms with Crippen molar-refractivity contribution in [1.82, 2.24) is 14.7 Å². The zero-order chi connectivity index (χ0) is 25.9. The molecule has 3 rings (SSSR count). The van der Waals surface area contributed by atoms with Crippen LogP contribution in [0.2, 0.25) is 10.0 Å². The zero-order valence-electron chi connectivity index (χ0n) is 20.2. The summed E-state index contributed by atoms with van der Waals surface area (Å²) in [4.78, 5) is 27.4. The number of rotatable bonds is 6. The maximum absolute atomic E-state index is 13.1. The van der Waals surface area contributed by atoms with Gasteiger partial charge in [0.2, 0.25) is 5.91 Å². The number of hydrogen-bond donors (Lipinski definition) is 2. The van der Waals surface area contributed by atoms with E-state index in [1.54, 1.807) is 35.0 Å². The number of nitrogens with zero attached hydrogens (tertiary/aromatic N) is 3. The van der Waals surface area contributed by atoms with Gasteiger partial charge in [0.05, 0.1) is 21.4 Å². The summed E-state index contributed by atoms with van der Waals surface area (Å²) in [5.74, 6) is 0.113. The molecule has 10 heteroatoms. The van der Waals surface area contributed by atoms with Gasteiger partial charge in [0.25, 0.3) is 0 Å². The van der Waals surface area contributed by atoms with Crippen LogP contribution in [0.1, 0.15) is 40.3 Å². The minimum absolute atomic E-state index is 0.141. The molecule has 3 amide bonds. The lowest BCUT2D eigenvalue weighted by Crippen LogP contribution is -2.44. The monoisotopic (exact) mass is 579 g/mol. The van der Waals surface area contributed by atoms with Crippen LogP contribution < -0.4 is 10.6 Å². The molecule has 7 nitrogen and oxygen atoms in total. The third-order valence-corrected chi connectivity index (χ3v) is 6.45. The second kappa shape index (κ2) is 11.0. The van der Waals surface area contributed by atoms with Crippen LogP contribution >= 0.6 is 39.1 Å².